The van der Waals surface area contributed by atoms with E-state index in [0.29, 0.717) is 12.1 Å². The molecule has 2 aromatic heterocycles. The summed E-state index contributed by atoms with van der Waals surface area (Å²) in [5, 5.41) is 5.63. The number of para-hydroxylation sites is 1. The molecule has 0 atom stereocenters. The SMILES string of the molecule is NC(=O)c1c2c(nn1-c1cccc3cccnc13)CC[C]C2. The van der Waals surface area contributed by atoms with Gasteiger partial charge in [0.25, 0.3) is 5.91 Å². The molecule has 2 heterocycles. The lowest BCUT2D eigenvalue weighted by atomic mass is 9.96. The predicted molar refractivity (Wildman–Crippen MR) is 82.7 cm³/mol. The van der Waals surface area contributed by atoms with Crippen molar-refractivity contribution in [2.75, 3.05) is 0 Å². The highest BCUT2D eigenvalue weighted by atomic mass is 16.1. The van der Waals surface area contributed by atoms with Crippen molar-refractivity contribution in [2.45, 2.75) is 19.3 Å². The number of amides is 1. The van der Waals surface area contributed by atoms with E-state index in [2.05, 4.69) is 16.5 Å². The van der Waals surface area contributed by atoms with Crippen molar-refractivity contribution in [1.82, 2.24) is 14.8 Å². The van der Waals surface area contributed by atoms with Gasteiger partial charge in [0, 0.05) is 17.1 Å². The van der Waals surface area contributed by atoms with Crippen LogP contribution in [0.4, 0.5) is 0 Å². The van der Waals surface area contributed by atoms with Gasteiger partial charge < -0.3 is 5.73 Å². The number of carbonyl (C=O) groups excluding carboxylic acids is 1. The van der Waals surface area contributed by atoms with Crippen LogP contribution in [-0.2, 0) is 12.8 Å². The largest absolute Gasteiger partial charge is 0.364 e. The summed E-state index contributed by atoms with van der Waals surface area (Å²) in [6.07, 6.45) is 7.26. The summed E-state index contributed by atoms with van der Waals surface area (Å²) in [6.45, 7) is 0. The van der Waals surface area contributed by atoms with Gasteiger partial charge in [-0.2, -0.15) is 5.10 Å². The number of primary amides is 1. The van der Waals surface area contributed by atoms with Crippen LogP contribution in [0.5, 0.6) is 0 Å². The zero-order chi connectivity index (χ0) is 15.1. The summed E-state index contributed by atoms with van der Waals surface area (Å²) in [5.74, 6) is -0.467. The molecular formula is C17H14N4O. The van der Waals surface area contributed by atoms with Crippen LogP contribution in [0.1, 0.15) is 28.2 Å². The van der Waals surface area contributed by atoms with Crippen LogP contribution in [0, 0.1) is 6.42 Å². The van der Waals surface area contributed by atoms with Gasteiger partial charge in [-0.25, -0.2) is 4.68 Å². The fourth-order valence-electron chi connectivity index (χ4n) is 2.99. The molecule has 5 nitrogen and oxygen atoms in total. The van der Waals surface area contributed by atoms with Crippen molar-refractivity contribution in [3.8, 4) is 5.69 Å². The maximum absolute atomic E-state index is 12.0. The van der Waals surface area contributed by atoms with Crippen LogP contribution in [0.15, 0.2) is 36.5 Å². The number of nitrogens with zero attached hydrogens (tertiary/aromatic N) is 3. The number of benzene rings is 1. The number of hydrogen-bond donors (Lipinski definition) is 1. The molecule has 0 saturated heterocycles. The van der Waals surface area contributed by atoms with Crippen LogP contribution in [0.3, 0.4) is 0 Å². The molecule has 2 N–H and O–H groups in total. The topological polar surface area (TPSA) is 73.8 Å². The predicted octanol–water partition coefficient (Wildman–Crippen LogP) is 2.09. The van der Waals surface area contributed by atoms with E-state index in [4.69, 9.17) is 5.73 Å². The minimum Gasteiger partial charge on any atom is -0.364 e. The second kappa shape index (κ2) is 4.94. The number of pyridine rings is 1. The average molecular weight is 290 g/mol. The molecule has 1 aliphatic carbocycles. The first-order valence-corrected chi connectivity index (χ1v) is 7.21. The summed E-state index contributed by atoms with van der Waals surface area (Å²) in [4.78, 5) is 16.4. The molecular weight excluding hydrogens is 276 g/mol. The smallest absolute Gasteiger partial charge is 0.267 e. The fraction of sp³-hybridized carbons (Fsp3) is 0.176. The molecule has 2 radical (unpaired) electrons. The standard InChI is InChI=1S/C17H14N4O/c18-17(22)16-12-7-1-2-8-13(12)20-21(16)14-9-3-5-11-6-4-10-19-15(11)14/h3-6,9-10H,2,7-8H2,(H2,18,22). The third-order valence-electron chi connectivity index (χ3n) is 3.98. The van der Waals surface area contributed by atoms with Gasteiger partial charge >= 0.3 is 0 Å². The van der Waals surface area contributed by atoms with Gasteiger partial charge in [-0.3, -0.25) is 9.78 Å². The molecule has 1 amide bonds. The molecule has 3 aromatic rings. The number of carbonyl (C=O) groups is 1. The quantitative estimate of drug-likeness (QED) is 0.785. The van der Waals surface area contributed by atoms with Crippen molar-refractivity contribution in [2.24, 2.45) is 5.73 Å². The van der Waals surface area contributed by atoms with Gasteiger partial charge in [0.15, 0.2) is 0 Å². The maximum atomic E-state index is 12.0. The molecule has 4 rings (SSSR count). The van der Waals surface area contributed by atoms with E-state index in [1.54, 1.807) is 10.9 Å². The summed E-state index contributed by atoms with van der Waals surface area (Å²) >= 11 is 0. The summed E-state index contributed by atoms with van der Waals surface area (Å²) in [6, 6.07) is 9.71. The van der Waals surface area contributed by atoms with Crippen LogP contribution in [0.25, 0.3) is 16.6 Å². The lowest BCUT2D eigenvalue weighted by Crippen LogP contribution is -2.19. The van der Waals surface area contributed by atoms with Crippen LogP contribution in [-0.4, -0.2) is 20.7 Å². The van der Waals surface area contributed by atoms with Crippen molar-refractivity contribution in [3.63, 3.8) is 0 Å². The first-order valence-electron chi connectivity index (χ1n) is 7.21. The van der Waals surface area contributed by atoms with E-state index < -0.39 is 5.91 Å². The summed E-state index contributed by atoms with van der Waals surface area (Å²) in [7, 11) is 0. The molecule has 108 valence electrons. The number of hydrogen-bond acceptors (Lipinski definition) is 3. The lowest BCUT2D eigenvalue weighted by Gasteiger charge is -2.10. The third-order valence-corrected chi connectivity index (χ3v) is 3.98. The summed E-state index contributed by atoms with van der Waals surface area (Å²) in [5.41, 5.74) is 9.47. The molecule has 1 aromatic carbocycles. The highest BCUT2D eigenvalue weighted by molar-refractivity contribution is 5.95. The van der Waals surface area contributed by atoms with Crippen molar-refractivity contribution in [1.29, 1.82) is 0 Å². The Hall–Kier alpha value is -2.69. The fourth-order valence-corrected chi connectivity index (χ4v) is 2.99. The van der Waals surface area contributed by atoms with Gasteiger partial charge in [0.05, 0.1) is 16.9 Å². The number of aryl methyl sites for hydroxylation is 1. The molecule has 0 spiro atoms. The first kappa shape index (κ1) is 13.0. The Kier molecular flexibility index (Phi) is 2.92. The lowest BCUT2D eigenvalue weighted by molar-refractivity contribution is 0.0992. The second-order valence-corrected chi connectivity index (χ2v) is 5.33. The van der Waals surface area contributed by atoms with Crippen molar-refractivity contribution in [3.05, 3.63) is 59.9 Å². The minimum absolute atomic E-state index is 0.445. The Morgan fingerprint density at radius 1 is 1.27 bits per heavy atom. The van der Waals surface area contributed by atoms with Crippen molar-refractivity contribution >= 4 is 16.8 Å². The van der Waals surface area contributed by atoms with E-state index in [1.807, 2.05) is 30.3 Å². The van der Waals surface area contributed by atoms with Gasteiger partial charge in [-0.15, -0.1) is 0 Å². The number of aromatic nitrogens is 3. The molecule has 22 heavy (non-hydrogen) atoms. The van der Waals surface area contributed by atoms with Crippen LogP contribution >= 0.6 is 0 Å². The Balaban J connectivity index is 2.03. The van der Waals surface area contributed by atoms with Gasteiger partial charge in [0.1, 0.15) is 5.69 Å². The number of nitrogens with two attached hydrogens (primary N) is 1. The van der Waals surface area contributed by atoms with Gasteiger partial charge in [0.2, 0.25) is 0 Å². The molecule has 0 saturated carbocycles. The molecule has 5 heteroatoms. The highest BCUT2D eigenvalue weighted by Crippen LogP contribution is 2.28. The molecule has 1 aliphatic rings. The first-order chi connectivity index (χ1) is 10.8. The molecule has 0 unspecified atom stereocenters. The van der Waals surface area contributed by atoms with E-state index in [1.165, 1.54) is 0 Å². The zero-order valence-electron chi connectivity index (χ0n) is 11.9. The zero-order valence-corrected chi connectivity index (χ0v) is 11.9. The normalized spacial score (nSPS) is 14.0. The van der Waals surface area contributed by atoms with Gasteiger partial charge in [-0.1, -0.05) is 18.2 Å². The van der Waals surface area contributed by atoms with Crippen molar-refractivity contribution < 1.29 is 4.79 Å². The maximum Gasteiger partial charge on any atom is 0.267 e. The second-order valence-electron chi connectivity index (χ2n) is 5.33. The Morgan fingerprint density at radius 2 is 2.14 bits per heavy atom. The van der Waals surface area contributed by atoms with Crippen LogP contribution < -0.4 is 5.73 Å². The van der Waals surface area contributed by atoms with E-state index in [0.717, 1.165) is 40.7 Å². The average Bonchev–Trinajstić information content (AvgIpc) is 2.93. The summed E-state index contributed by atoms with van der Waals surface area (Å²) < 4.78 is 1.65. The van der Waals surface area contributed by atoms with E-state index >= 15 is 0 Å². The van der Waals surface area contributed by atoms with E-state index in [-0.39, 0.29) is 0 Å². The Morgan fingerprint density at radius 3 is 3.00 bits per heavy atom. The minimum atomic E-state index is -0.467. The molecule has 0 bridgehead atoms. The number of rotatable bonds is 2. The van der Waals surface area contributed by atoms with Gasteiger partial charge in [-0.05, 0) is 37.8 Å². The highest BCUT2D eigenvalue weighted by Gasteiger charge is 2.25. The van der Waals surface area contributed by atoms with E-state index in [9.17, 15) is 4.79 Å². The molecule has 0 fully saturated rings. The monoisotopic (exact) mass is 290 g/mol. The third kappa shape index (κ3) is 1.89. The Bertz CT molecular complexity index is 876. The Labute approximate surface area is 127 Å². The van der Waals surface area contributed by atoms with Crippen LogP contribution in [0.2, 0.25) is 0 Å². The number of fused-ring (bicyclic) bond motifs is 2. The molecule has 0 aliphatic heterocycles.